The van der Waals surface area contributed by atoms with Crippen LogP contribution >= 0.6 is 0 Å². The van der Waals surface area contributed by atoms with E-state index in [0.717, 1.165) is 0 Å². The van der Waals surface area contributed by atoms with Crippen LogP contribution in [0.25, 0.3) is 0 Å². The Balaban J connectivity index is 1.36. The lowest BCUT2D eigenvalue weighted by atomic mass is 9.82. The molecule has 1 fully saturated rings. The lowest BCUT2D eigenvalue weighted by molar-refractivity contribution is -0.183. The van der Waals surface area contributed by atoms with E-state index in [0.29, 0.717) is 35.2 Å². The van der Waals surface area contributed by atoms with Crippen molar-refractivity contribution in [3.63, 3.8) is 0 Å². The molecule has 0 spiro atoms. The summed E-state index contributed by atoms with van der Waals surface area (Å²) in [5.41, 5.74) is 1.64. The van der Waals surface area contributed by atoms with Gasteiger partial charge in [0.2, 0.25) is 11.8 Å². The Hall–Kier alpha value is -4.67. The maximum absolute atomic E-state index is 14.2. The average Bonchev–Trinajstić information content (AvgIpc) is 3.78. The molecule has 2 atom stereocenters. The number of carbonyl (C=O) groups excluding carboxylic acids is 2. The summed E-state index contributed by atoms with van der Waals surface area (Å²) in [5.74, 6) is -5.27. The smallest absolute Gasteiger partial charge is 0.392 e. The number of carbonyl (C=O) groups is 3. The van der Waals surface area contributed by atoms with Crippen LogP contribution in [0.2, 0.25) is 0 Å². The fraction of sp³-hybridized carbons (Fsp3) is 0.333. The molecule has 8 nitrogen and oxygen atoms in total. The van der Waals surface area contributed by atoms with Crippen molar-refractivity contribution < 1.29 is 37.4 Å². The Bertz CT molecular complexity index is 1550. The van der Waals surface area contributed by atoms with Crippen LogP contribution in [0.15, 0.2) is 84.0 Å². The first-order valence-electron chi connectivity index (χ1n) is 14.3. The fourth-order valence-electron chi connectivity index (χ4n) is 5.46. The van der Waals surface area contributed by atoms with Gasteiger partial charge in [-0.2, -0.15) is 13.2 Å². The Kier molecular flexibility index (Phi) is 8.75. The van der Waals surface area contributed by atoms with Crippen molar-refractivity contribution >= 4 is 29.4 Å². The van der Waals surface area contributed by atoms with Gasteiger partial charge in [0.05, 0.1) is 23.8 Å². The average molecular weight is 608 g/mol. The summed E-state index contributed by atoms with van der Waals surface area (Å²) >= 11 is 0. The number of carboxylic acid groups (broad SMARTS) is 1. The highest BCUT2D eigenvalue weighted by Crippen LogP contribution is 2.49. The first-order valence-corrected chi connectivity index (χ1v) is 14.3. The summed E-state index contributed by atoms with van der Waals surface area (Å²) in [6.07, 6.45) is -3.56. The van der Waals surface area contributed by atoms with Crippen LogP contribution in [0.3, 0.4) is 0 Å². The zero-order chi connectivity index (χ0) is 31.5. The monoisotopic (exact) mass is 607 g/mol. The first kappa shape index (κ1) is 30.8. The minimum atomic E-state index is -4.64. The standard InChI is InChI=1S/C33H32F3N3O5/c1-2-26(33(34,35)36)28(29(41)37-25-10-6-7-22(17-25)18-32(15-16-32)31(42)43)23-13-11-21(12-14-23)19-39-27(40)20-44-30(38-39)24-8-4-3-5-9-24/h3-14,17,26,28H,2,15-16,18-20H2,1H3,(H,37,41)(H,42,43). The lowest BCUT2D eigenvalue weighted by Crippen LogP contribution is -2.36. The number of hydrogen-bond acceptors (Lipinski definition) is 5. The second-order valence-electron chi connectivity index (χ2n) is 11.2. The molecular weight excluding hydrogens is 575 g/mol. The number of carboxylic acids is 1. The molecule has 3 aromatic carbocycles. The number of hydrogen-bond donors (Lipinski definition) is 2. The third kappa shape index (κ3) is 6.93. The highest BCUT2D eigenvalue weighted by molar-refractivity contribution is 5.98. The predicted octanol–water partition coefficient (Wildman–Crippen LogP) is 6.13. The zero-order valence-corrected chi connectivity index (χ0v) is 24.0. The van der Waals surface area contributed by atoms with E-state index in [9.17, 15) is 32.7 Å². The number of rotatable bonds is 11. The number of anilines is 1. The lowest BCUT2D eigenvalue weighted by Gasteiger charge is -2.28. The molecule has 2 amide bonds. The van der Waals surface area contributed by atoms with Crippen LogP contribution in [-0.4, -0.2) is 46.6 Å². The Morgan fingerprint density at radius 1 is 1.02 bits per heavy atom. The van der Waals surface area contributed by atoms with Crippen molar-refractivity contribution in [1.29, 1.82) is 0 Å². The molecular formula is C33H32F3N3O5. The first-order chi connectivity index (χ1) is 21.0. The number of nitrogens with zero attached hydrogens (tertiary/aromatic N) is 2. The van der Waals surface area contributed by atoms with Crippen LogP contribution in [0.5, 0.6) is 0 Å². The van der Waals surface area contributed by atoms with Crippen LogP contribution in [0, 0.1) is 11.3 Å². The number of alkyl halides is 3. The molecule has 2 N–H and O–H groups in total. The van der Waals surface area contributed by atoms with Gasteiger partial charge in [-0.15, -0.1) is 5.10 Å². The van der Waals surface area contributed by atoms with Crippen molar-refractivity contribution in [3.8, 4) is 0 Å². The topological polar surface area (TPSA) is 108 Å². The number of nitrogens with one attached hydrogen (secondary N) is 1. The van der Waals surface area contributed by atoms with Crippen molar-refractivity contribution in [2.45, 2.75) is 51.2 Å². The van der Waals surface area contributed by atoms with E-state index >= 15 is 0 Å². The third-order valence-electron chi connectivity index (χ3n) is 8.11. The third-order valence-corrected chi connectivity index (χ3v) is 8.11. The minimum Gasteiger partial charge on any atom is -0.481 e. The van der Waals surface area contributed by atoms with Gasteiger partial charge in [-0.25, -0.2) is 5.01 Å². The second kappa shape index (κ2) is 12.5. The predicted molar refractivity (Wildman–Crippen MR) is 157 cm³/mol. The molecule has 3 aromatic rings. The normalized spacial score (nSPS) is 17.2. The van der Waals surface area contributed by atoms with E-state index in [1.165, 1.54) is 24.1 Å². The Morgan fingerprint density at radius 2 is 1.73 bits per heavy atom. The van der Waals surface area contributed by atoms with E-state index in [4.69, 9.17) is 4.74 Å². The molecule has 2 aliphatic rings. The van der Waals surface area contributed by atoms with Crippen LogP contribution < -0.4 is 5.32 Å². The molecule has 1 aliphatic carbocycles. The molecule has 1 saturated carbocycles. The highest BCUT2D eigenvalue weighted by atomic mass is 19.4. The maximum atomic E-state index is 14.2. The van der Waals surface area contributed by atoms with Gasteiger partial charge in [0.15, 0.2) is 6.61 Å². The Morgan fingerprint density at radius 3 is 2.34 bits per heavy atom. The van der Waals surface area contributed by atoms with E-state index in [2.05, 4.69) is 10.4 Å². The molecule has 5 rings (SSSR count). The van der Waals surface area contributed by atoms with Crippen molar-refractivity contribution in [3.05, 3.63) is 101 Å². The van der Waals surface area contributed by atoms with Crippen LogP contribution in [-0.2, 0) is 32.1 Å². The molecule has 44 heavy (non-hydrogen) atoms. The summed E-state index contributed by atoms with van der Waals surface area (Å²) < 4.78 is 48.0. The SMILES string of the molecule is CCC(C(C(=O)Nc1cccc(CC2(C(=O)O)CC2)c1)c1ccc(CN2N=C(c3ccccc3)OCC2=O)cc1)C(F)(F)F. The number of aliphatic carboxylic acids is 1. The molecule has 230 valence electrons. The molecule has 11 heteroatoms. The number of halogens is 3. The summed E-state index contributed by atoms with van der Waals surface area (Å²) in [4.78, 5) is 37.6. The highest BCUT2D eigenvalue weighted by Gasteiger charge is 2.50. The maximum Gasteiger partial charge on any atom is 0.392 e. The number of benzene rings is 3. The largest absolute Gasteiger partial charge is 0.481 e. The molecule has 1 aliphatic heterocycles. The quantitative estimate of drug-likeness (QED) is 0.273. The Labute approximate surface area is 252 Å². The molecule has 1 heterocycles. The second-order valence-corrected chi connectivity index (χ2v) is 11.2. The van der Waals surface area contributed by atoms with Gasteiger partial charge in [-0.1, -0.05) is 61.5 Å². The van der Waals surface area contributed by atoms with Gasteiger partial charge < -0.3 is 15.2 Å². The van der Waals surface area contributed by atoms with Gasteiger partial charge in [0.25, 0.3) is 5.91 Å². The molecule has 0 saturated heterocycles. The van der Waals surface area contributed by atoms with Crippen LogP contribution in [0.1, 0.15) is 54.4 Å². The summed E-state index contributed by atoms with van der Waals surface area (Å²) in [7, 11) is 0. The van der Waals surface area contributed by atoms with Crippen molar-refractivity contribution in [2.75, 3.05) is 11.9 Å². The number of ether oxygens (including phenoxy) is 1. The van der Waals surface area contributed by atoms with Crippen LogP contribution in [0.4, 0.5) is 18.9 Å². The van der Waals surface area contributed by atoms with Gasteiger partial charge in [-0.05, 0) is 66.6 Å². The van der Waals surface area contributed by atoms with Gasteiger partial charge in [-0.3, -0.25) is 14.4 Å². The minimum absolute atomic E-state index is 0.0662. The zero-order valence-electron chi connectivity index (χ0n) is 24.0. The van der Waals surface area contributed by atoms with E-state index in [1.54, 1.807) is 48.5 Å². The van der Waals surface area contributed by atoms with Gasteiger partial charge in [0, 0.05) is 11.3 Å². The van der Waals surface area contributed by atoms with Gasteiger partial charge in [0.1, 0.15) is 0 Å². The number of amides is 2. The molecule has 0 bridgehead atoms. The summed E-state index contributed by atoms with van der Waals surface area (Å²) in [5, 5.41) is 17.7. The van der Waals surface area contributed by atoms with E-state index < -0.39 is 35.3 Å². The molecule has 0 radical (unpaired) electrons. The van der Waals surface area contributed by atoms with Gasteiger partial charge >= 0.3 is 12.1 Å². The van der Waals surface area contributed by atoms with E-state index in [-0.39, 0.29) is 43.4 Å². The summed E-state index contributed by atoms with van der Waals surface area (Å²) in [6.45, 7) is 1.26. The summed E-state index contributed by atoms with van der Waals surface area (Å²) in [6, 6.07) is 21.8. The number of hydrazone groups is 1. The molecule has 2 unspecified atom stereocenters. The van der Waals surface area contributed by atoms with Crippen molar-refractivity contribution in [2.24, 2.45) is 16.4 Å². The van der Waals surface area contributed by atoms with E-state index in [1.807, 2.05) is 18.2 Å². The molecule has 0 aromatic heterocycles. The van der Waals surface area contributed by atoms with Crippen molar-refractivity contribution in [1.82, 2.24) is 5.01 Å². The fourth-order valence-corrected chi connectivity index (χ4v) is 5.46.